The third-order valence-electron chi connectivity index (χ3n) is 5.17. The number of anilines is 1. The molecular weight excluding hydrogens is 453 g/mol. The van der Waals surface area contributed by atoms with Crippen molar-refractivity contribution >= 4 is 35.7 Å². The van der Waals surface area contributed by atoms with E-state index < -0.39 is 0 Å². The number of fused-ring (bicyclic) bond motifs is 1. The minimum absolute atomic E-state index is 0.0289. The van der Waals surface area contributed by atoms with Crippen LogP contribution in [0.15, 0.2) is 91.1 Å². The molecule has 0 spiro atoms. The molecule has 1 aliphatic heterocycles. The molecular formula is C25H20N3O2Se+. The zero-order chi connectivity index (χ0) is 21.2. The molecule has 5 rings (SSSR count). The number of phenols is 1. The molecule has 0 aliphatic carbocycles. The fourth-order valence-electron chi connectivity index (χ4n) is 3.61. The van der Waals surface area contributed by atoms with E-state index in [-0.39, 0.29) is 32.7 Å². The Balaban J connectivity index is 1.54. The van der Waals surface area contributed by atoms with Crippen molar-refractivity contribution in [3.8, 4) is 17.0 Å². The minimum atomic E-state index is -0.329. The van der Waals surface area contributed by atoms with E-state index in [0.29, 0.717) is 6.42 Å². The Hall–Kier alpha value is -3.47. The van der Waals surface area contributed by atoms with Crippen molar-refractivity contribution in [2.75, 3.05) is 5.32 Å². The summed E-state index contributed by atoms with van der Waals surface area (Å²) in [7, 11) is 0. The Morgan fingerprint density at radius 2 is 1.61 bits per heavy atom. The number of hydrogen-bond acceptors (Lipinski definition) is 4. The molecule has 2 N–H and O–H groups in total. The average molecular weight is 473 g/mol. The van der Waals surface area contributed by atoms with Gasteiger partial charge in [-0.2, -0.15) is 0 Å². The maximum absolute atomic E-state index is 13.3. The van der Waals surface area contributed by atoms with Gasteiger partial charge in [0.2, 0.25) is 0 Å². The molecule has 3 aromatic carbocycles. The van der Waals surface area contributed by atoms with E-state index in [1.54, 1.807) is 16.7 Å². The molecule has 0 saturated carbocycles. The second-order valence-electron chi connectivity index (χ2n) is 7.34. The van der Waals surface area contributed by atoms with Crippen LogP contribution in [-0.4, -0.2) is 37.0 Å². The van der Waals surface area contributed by atoms with Gasteiger partial charge in [-0.1, -0.05) is 0 Å². The molecule has 5 nitrogen and oxygen atoms in total. The summed E-state index contributed by atoms with van der Waals surface area (Å²) in [5.74, 6) is 1.03. The monoisotopic (exact) mass is 474 g/mol. The van der Waals surface area contributed by atoms with E-state index >= 15 is 0 Å². The summed E-state index contributed by atoms with van der Waals surface area (Å²) in [5, 5.41) is 13.0. The van der Waals surface area contributed by atoms with Crippen molar-refractivity contribution < 1.29 is 14.5 Å². The first kappa shape index (κ1) is 19.5. The standard InChI is InChI=1S/C25H19N3O2Se/c29-19-11-13-20(14-12-19)31-24-23-26-21(15-17-7-3-1-4-8-17)25(30)28(23)16-22(27-24)18-9-5-2-6-10-18/h1-14,16,21,29H,15H2/p+1. The molecule has 1 atom stereocenters. The number of carbonyl (C=O) groups is 1. The van der Waals surface area contributed by atoms with Crippen LogP contribution in [0.4, 0.5) is 5.82 Å². The summed E-state index contributed by atoms with van der Waals surface area (Å²) in [6.45, 7) is 0. The average Bonchev–Trinajstić information content (AvgIpc) is 3.12. The molecule has 1 aliphatic rings. The number of aromatic hydroxyl groups is 1. The number of phenolic OH excluding ortho intramolecular Hbond substituents is 1. The number of rotatable bonds is 5. The van der Waals surface area contributed by atoms with Crippen molar-refractivity contribution in [3.63, 3.8) is 0 Å². The molecule has 31 heavy (non-hydrogen) atoms. The normalized spacial score (nSPS) is 14.8. The maximum atomic E-state index is 13.3. The van der Waals surface area contributed by atoms with E-state index in [0.717, 1.165) is 31.7 Å². The molecule has 0 fully saturated rings. The molecule has 1 unspecified atom stereocenters. The summed E-state index contributed by atoms with van der Waals surface area (Å²) in [6.07, 6.45) is 2.45. The quantitative estimate of drug-likeness (QED) is 0.344. The number of hydrogen-bond donors (Lipinski definition) is 2. The Bertz CT molecular complexity index is 1230. The number of nitrogens with one attached hydrogen (secondary N) is 1. The number of aromatic nitrogens is 2. The van der Waals surface area contributed by atoms with E-state index in [9.17, 15) is 9.90 Å². The molecule has 0 bridgehead atoms. The van der Waals surface area contributed by atoms with Crippen molar-refractivity contribution in [3.05, 3.63) is 96.7 Å². The number of carbonyl (C=O) groups excluding carboxylic acids is 1. The Labute approximate surface area is 186 Å². The second kappa shape index (κ2) is 8.34. The van der Waals surface area contributed by atoms with Crippen molar-refractivity contribution in [1.82, 2.24) is 4.98 Å². The predicted molar refractivity (Wildman–Crippen MR) is 121 cm³/mol. The summed E-state index contributed by atoms with van der Waals surface area (Å²) in [4.78, 5) is 18.2. The Morgan fingerprint density at radius 1 is 0.935 bits per heavy atom. The fourth-order valence-corrected chi connectivity index (χ4v) is 5.49. The van der Waals surface area contributed by atoms with Crippen LogP contribution < -0.4 is 18.9 Å². The van der Waals surface area contributed by atoms with Crippen LogP contribution in [0.5, 0.6) is 5.75 Å². The number of benzene rings is 3. The van der Waals surface area contributed by atoms with Gasteiger partial charge in [0.15, 0.2) is 0 Å². The third-order valence-corrected chi connectivity index (χ3v) is 7.24. The topological polar surface area (TPSA) is 66.1 Å². The molecule has 0 radical (unpaired) electrons. The van der Waals surface area contributed by atoms with Crippen molar-refractivity contribution in [2.24, 2.45) is 0 Å². The summed E-state index contributed by atoms with van der Waals surface area (Å²) in [6, 6.07) is 26.8. The van der Waals surface area contributed by atoms with Gasteiger partial charge in [-0.3, -0.25) is 0 Å². The first-order valence-corrected chi connectivity index (χ1v) is 11.7. The van der Waals surface area contributed by atoms with Crippen LogP contribution in [0, 0.1) is 0 Å². The first-order valence-electron chi connectivity index (χ1n) is 10.0. The Kier molecular flexibility index (Phi) is 5.24. The van der Waals surface area contributed by atoms with Gasteiger partial charge in [-0.15, -0.1) is 0 Å². The van der Waals surface area contributed by atoms with Gasteiger partial charge in [0.1, 0.15) is 0 Å². The van der Waals surface area contributed by atoms with E-state index in [1.165, 1.54) is 0 Å². The molecule has 2 heterocycles. The van der Waals surface area contributed by atoms with Crippen LogP contribution in [0.1, 0.15) is 10.4 Å². The van der Waals surface area contributed by atoms with Gasteiger partial charge in [-0.25, -0.2) is 0 Å². The van der Waals surface area contributed by atoms with Crippen LogP contribution in [0.25, 0.3) is 11.3 Å². The van der Waals surface area contributed by atoms with Crippen LogP contribution in [0.2, 0.25) is 0 Å². The summed E-state index contributed by atoms with van der Waals surface area (Å²) >= 11 is -0.134. The first-order chi connectivity index (χ1) is 15.2. The SMILES string of the molecule is O=C1C(Cc2ccccc2)Nc2c([Se]c3ccc(O)cc3)nc(-c3ccccc3)c[n+]21. The zero-order valence-electron chi connectivity index (χ0n) is 16.6. The van der Waals surface area contributed by atoms with Crippen molar-refractivity contribution in [2.45, 2.75) is 12.5 Å². The van der Waals surface area contributed by atoms with Gasteiger partial charge in [0.25, 0.3) is 0 Å². The molecule has 4 aromatic rings. The van der Waals surface area contributed by atoms with Crippen molar-refractivity contribution in [1.29, 1.82) is 0 Å². The third kappa shape index (κ3) is 4.08. The second-order valence-corrected chi connectivity index (χ2v) is 9.57. The zero-order valence-corrected chi connectivity index (χ0v) is 18.3. The Morgan fingerprint density at radius 3 is 2.32 bits per heavy atom. The van der Waals surface area contributed by atoms with E-state index in [4.69, 9.17) is 4.98 Å². The fraction of sp³-hybridized carbons (Fsp3) is 0.0800. The van der Waals surface area contributed by atoms with Gasteiger partial charge in [0.05, 0.1) is 0 Å². The molecule has 1 aromatic heterocycles. The molecule has 152 valence electrons. The predicted octanol–water partition coefficient (Wildman–Crippen LogP) is 2.07. The summed E-state index contributed by atoms with van der Waals surface area (Å²) in [5.41, 5.74) is 2.86. The van der Waals surface area contributed by atoms with E-state index in [2.05, 4.69) is 5.32 Å². The molecule has 0 amide bonds. The van der Waals surface area contributed by atoms with Crippen LogP contribution in [-0.2, 0) is 6.42 Å². The van der Waals surface area contributed by atoms with Gasteiger partial charge >= 0.3 is 187 Å². The molecule has 6 heteroatoms. The van der Waals surface area contributed by atoms with Crippen LogP contribution >= 0.6 is 0 Å². The van der Waals surface area contributed by atoms with E-state index in [1.807, 2.05) is 79.0 Å². The molecule has 0 saturated heterocycles. The van der Waals surface area contributed by atoms with Gasteiger partial charge in [0, 0.05) is 0 Å². The van der Waals surface area contributed by atoms with Gasteiger partial charge < -0.3 is 0 Å². The summed E-state index contributed by atoms with van der Waals surface area (Å²) < 4.78 is 3.66. The van der Waals surface area contributed by atoms with Gasteiger partial charge in [-0.05, 0) is 0 Å². The van der Waals surface area contributed by atoms with Crippen LogP contribution in [0.3, 0.4) is 0 Å². The number of nitrogens with zero attached hydrogens (tertiary/aromatic N) is 2.